The molecule has 0 saturated heterocycles. The highest BCUT2D eigenvalue weighted by Gasteiger charge is 2.21. The number of ether oxygens (including phenoxy) is 2. The molecule has 1 heterocycles. The Kier molecular flexibility index (Phi) is 6.73. The van der Waals surface area contributed by atoms with E-state index in [1.165, 1.54) is 31.3 Å². The van der Waals surface area contributed by atoms with Gasteiger partial charge in [-0.3, -0.25) is 0 Å². The Bertz CT molecular complexity index is 1060. The Hall–Kier alpha value is -2.64. The molecule has 1 fully saturated rings. The van der Waals surface area contributed by atoms with E-state index in [2.05, 4.69) is 20.6 Å². The first-order valence-electron chi connectivity index (χ1n) is 10.4. The van der Waals surface area contributed by atoms with E-state index in [1.54, 1.807) is 13.2 Å². The van der Waals surface area contributed by atoms with Crippen molar-refractivity contribution < 1.29 is 13.9 Å². The molecule has 31 heavy (non-hydrogen) atoms. The number of nitrogens with one attached hydrogen (secondary N) is 2. The molecule has 6 nitrogen and oxygen atoms in total. The summed E-state index contributed by atoms with van der Waals surface area (Å²) in [5.41, 5.74) is 1.34. The van der Waals surface area contributed by atoms with E-state index < -0.39 is 5.82 Å². The van der Waals surface area contributed by atoms with Crippen molar-refractivity contribution in [2.45, 2.75) is 31.7 Å². The minimum Gasteiger partial charge on any atom is -0.493 e. The van der Waals surface area contributed by atoms with Gasteiger partial charge in [-0.25, -0.2) is 14.4 Å². The first-order chi connectivity index (χ1) is 15.1. The van der Waals surface area contributed by atoms with Gasteiger partial charge in [-0.2, -0.15) is 0 Å². The predicted octanol–water partition coefficient (Wildman–Crippen LogP) is 5.33. The first-order valence-corrected chi connectivity index (χ1v) is 10.8. The average molecular weight is 445 g/mol. The van der Waals surface area contributed by atoms with Gasteiger partial charge < -0.3 is 20.1 Å². The number of fused-ring (bicyclic) bond motifs is 1. The normalized spacial score (nSPS) is 18.7. The molecule has 2 aromatic carbocycles. The summed E-state index contributed by atoms with van der Waals surface area (Å²) in [5.74, 6) is 1.92. The van der Waals surface area contributed by atoms with Crippen LogP contribution in [0.25, 0.3) is 10.9 Å². The molecule has 0 radical (unpaired) electrons. The summed E-state index contributed by atoms with van der Waals surface area (Å²) in [6.07, 6.45) is 6.09. The second-order valence-electron chi connectivity index (χ2n) is 7.81. The molecule has 164 valence electrons. The van der Waals surface area contributed by atoms with Gasteiger partial charge in [0.25, 0.3) is 0 Å². The van der Waals surface area contributed by atoms with E-state index in [4.69, 9.17) is 21.1 Å². The number of aromatic nitrogens is 2. The largest absolute Gasteiger partial charge is 0.493 e. The SMILES string of the molecule is CNC1CCC(COc2cc3c(Nc4ccc(F)c(Cl)c4)ncnc3cc2OC)CC1. The van der Waals surface area contributed by atoms with Crippen molar-refractivity contribution in [2.75, 3.05) is 26.1 Å². The number of anilines is 2. The van der Waals surface area contributed by atoms with Crippen LogP contribution in [0.3, 0.4) is 0 Å². The van der Waals surface area contributed by atoms with Crippen LogP contribution in [0.4, 0.5) is 15.9 Å². The molecule has 1 aromatic heterocycles. The van der Waals surface area contributed by atoms with Crippen LogP contribution in [-0.4, -0.2) is 36.8 Å². The standard InChI is InChI=1S/C23H26ClFN4O2/c1-26-15-5-3-14(4-6-15)12-31-22-10-17-20(11-21(22)30-2)27-13-28-23(17)29-16-7-8-19(25)18(24)9-16/h7-11,13-15,26H,3-6,12H2,1-2H3,(H,27,28,29). The molecule has 1 aliphatic carbocycles. The summed E-state index contributed by atoms with van der Waals surface area (Å²) in [4.78, 5) is 8.71. The highest BCUT2D eigenvalue weighted by atomic mass is 35.5. The summed E-state index contributed by atoms with van der Waals surface area (Å²) in [6.45, 7) is 0.641. The van der Waals surface area contributed by atoms with Crippen LogP contribution >= 0.6 is 11.6 Å². The van der Waals surface area contributed by atoms with Gasteiger partial charge >= 0.3 is 0 Å². The summed E-state index contributed by atoms with van der Waals surface area (Å²) in [5, 5.41) is 7.37. The lowest BCUT2D eigenvalue weighted by Crippen LogP contribution is -2.31. The fourth-order valence-electron chi connectivity index (χ4n) is 3.97. The second kappa shape index (κ2) is 9.66. The molecule has 3 aromatic rings. The quantitative estimate of drug-likeness (QED) is 0.513. The van der Waals surface area contributed by atoms with Gasteiger partial charge in [-0.15, -0.1) is 0 Å². The van der Waals surface area contributed by atoms with Crippen molar-refractivity contribution in [3.05, 3.63) is 47.5 Å². The molecule has 0 bridgehead atoms. The van der Waals surface area contributed by atoms with Gasteiger partial charge in [0.2, 0.25) is 0 Å². The van der Waals surface area contributed by atoms with Crippen molar-refractivity contribution in [3.63, 3.8) is 0 Å². The Morgan fingerprint density at radius 2 is 1.90 bits per heavy atom. The Labute approximate surface area is 186 Å². The fourth-order valence-corrected chi connectivity index (χ4v) is 4.15. The van der Waals surface area contributed by atoms with E-state index in [0.29, 0.717) is 47.1 Å². The average Bonchev–Trinajstić information content (AvgIpc) is 2.80. The molecule has 0 atom stereocenters. The third-order valence-corrected chi connectivity index (χ3v) is 6.12. The van der Waals surface area contributed by atoms with E-state index >= 15 is 0 Å². The zero-order valence-corrected chi connectivity index (χ0v) is 18.4. The number of nitrogens with zero attached hydrogens (tertiary/aromatic N) is 2. The third kappa shape index (κ3) is 4.99. The van der Waals surface area contributed by atoms with Crippen LogP contribution in [0, 0.1) is 11.7 Å². The van der Waals surface area contributed by atoms with Crippen LogP contribution < -0.4 is 20.1 Å². The molecular formula is C23H26ClFN4O2. The molecule has 1 aliphatic rings. The Morgan fingerprint density at radius 1 is 1.10 bits per heavy atom. The summed E-state index contributed by atoms with van der Waals surface area (Å²) < 4.78 is 25.2. The molecule has 0 aliphatic heterocycles. The molecule has 4 rings (SSSR count). The zero-order valence-electron chi connectivity index (χ0n) is 17.6. The van der Waals surface area contributed by atoms with Gasteiger partial charge in [-0.1, -0.05) is 11.6 Å². The van der Waals surface area contributed by atoms with Crippen LogP contribution in [0.15, 0.2) is 36.7 Å². The van der Waals surface area contributed by atoms with Gasteiger partial charge in [0.1, 0.15) is 18.0 Å². The summed E-state index contributed by atoms with van der Waals surface area (Å²) >= 11 is 5.91. The number of hydrogen-bond donors (Lipinski definition) is 2. The van der Waals surface area contributed by atoms with Crippen molar-refractivity contribution in [1.29, 1.82) is 0 Å². The molecule has 1 saturated carbocycles. The van der Waals surface area contributed by atoms with Crippen LogP contribution in [0.5, 0.6) is 11.5 Å². The van der Waals surface area contributed by atoms with Gasteiger partial charge in [0, 0.05) is 23.2 Å². The minimum absolute atomic E-state index is 0.0436. The first kappa shape index (κ1) is 21.6. The number of hydrogen-bond acceptors (Lipinski definition) is 6. The Balaban J connectivity index is 1.57. The van der Waals surface area contributed by atoms with Crippen LogP contribution in [-0.2, 0) is 0 Å². The molecule has 0 spiro atoms. The maximum absolute atomic E-state index is 13.5. The molecule has 2 N–H and O–H groups in total. The number of benzene rings is 2. The highest BCUT2D eigenvalue weighted by molar-refractivity contribution is 6.31. The molecule has 0 amide bonds. The van der Waals surface area contributed by atoms with Gasteiger partial charge in [-0.05, 0) is 62.9 Å². The zero-order chi connectivity index (χ0) is 21.8. The number of halogens is 2. The predicted molar refractivity (Wildman–Crippen MR) is 121 cm³/mol. The minimum atomic E-state index is -0.469. The Morgan fingerprint density at radius 3 is 2.61 bits per heavy atom. The highest BCUT2D eigenvalue weighted by Crippen LogP contribution is 2.36. The lowest BCUT2D eigenvalue weighted by molar-refractivity contribution is 0.189. The lowest BCUT2D eigenvalue weighted by Gasteiger charge is -2.28. The topological polar surface area (TPSA) is 68.3 Å². The molecular weight excluding hydrogens is 419 g/mol. The summed E-state index contributed by atoms with van der Waals surface area (Å²) in [7, 11) is 3.64. The monoisotopic (exact) mass is 444 g/mol. The lowest BCUT2D eigenvalue weighted by atomic mass is 9.87. The smallest absolute Gasteiger partial charge is 0.162 e. The summed E-state index contributed by atoms with van der Waals surface area (Å²) in [6, 6.07) is 8.78. The van der Waals surface area contributed by atoms with E-state index in [9.17, 15) is 4.39 Å². The molecule has 0 unspecified atom stereocenters. The van der Waals surface area contributed by atoms with Crippen molar-refractivity contribution in [3.8, 4) is 11.5 Å². The van der Waals surface area contributed by atoms with E-state index in [-0.39, 0.29) is 5.02 Å². The van der Waals surface area contributed by atoms with E-state index in [1.807, 2.05) is 19.2 Å². The van der Waals surface area contributed by atoms with Crippen molar-refractivity contribution in [1.82, 2.24) is 15.3 Å². The third-order valence-electron chi connectivity index (χ3n) is 5.83. The van der Waals surface area contributed by atoms with Crippen molar-refractivity contribution in [2.24, 2.45) is 5.92 Å². The van der Waals surface area contributed by atoms with Crippen LogP contribution in [0.1, 0.15) is 25.7 Å². The number of rotatable bonds is 7. The second-order valence-corrected chi connectivity index (χ2v) is 8.22. The van der Waals surface area contributed by atoms with E-state index in [0.717, 1.165) is 18.2 Å². The van der Waals surface area contributed by atoms with Crippen LogP contribution in [0.2, 0.25) is 5.02 Å². The van der Waals surface area contributed by atoms with Crippen molar-refractivity contribution >= 4 is 34.0 Å². The maximum Gasteiger partial charge on any atom is 0.162 e. The maximum atomic E-state index is 13.5. The van der Waals surface area contributed by atoms with Gasteiger partial charge in [0.15, 0.2) is 11.5 Å². The molecule has 8 heteroatoms. The van der Waals surface area contributed by atoms with Gasteiger partial charge in [0.05, 0.1) is 24.3 Å². The number of methoxy groups -OCH3 is 1. The fraction of sp³-hybridized carbons (Fsp3) is 0.391.